The number of nitrogens with one attached hydrogen (secondary N) is 2. The van der Waals surface area contributed by atoms with Crippen LogP contribution >= 0.6 is 24.0 Å². The molecule has 0 spiro atoms. The Bertz CT molecular complexity index is 702. The number of amides is 1. The molecule has 0 fully saturated rings. The quantitative estimate of drug-likeness (QED) is 0.356. The van der Waals surface area contributed by atoms with Gasteiger partial charge in [-0.1, -0.05) is 24.3 Å². The molecule has 1 amide bonds. The van der Waals surface area contributed by atoms with Gasteiger partial charge in [0.2, 0.25) is 5.91 Å². The minimum absolute atomic E-state index is 0. The molecule has 0 aromatic heterocycles. The first kappa shape index (κ1) is 20.9. The average Bonchev–Trinajstić information content (AvgIpc) is 2.59. The van der Waals surface area contributed by atoms with Crippen LogP contribution in [0.15, 0.2) is 53.5 Å². The number of carbonyl (C=O) groups excluding carboxylic acids is 1. The van der Waals surface area contributed by atoms with E-state index in [4.69, 9.17) is 5.73 Å². The lowest BCUT2D eigenvalue weighted by Crippen LogP contribution is -2.36. The van der Waals surface area contributed by atoms with Crippen LogP contribution in [0.1, 0.15) is 28.4 Å². The van der Waals surface area contributed by atoms with Gasteiger partial charge in [0.05, 0.1) is 6.54 Å². The van der Waals surface area contributed by atoms with Gasteiger partial charge in [0, 0.05) is 18.7 Å². The highest BCUT2D eigenvalue weighted by Crippen LogP contribution is 2.05. The number of aliphatic imine (C=N–C) groups is 1. The summed E-state index contributed by atoms with van der Waals surface area (Å²) >= 11 is 0. The number of halogens is 2. The van der Waals surface area contributed by atoms with Crippen LogP contribution in [0.4, 0.5) is 4.39 Å². The van der Waals surface area contributed by atoms with Crippen molar-refractivity contribution in [1.82, 2.24) is 10.6 Å². The van der Waals surface area contributed by atoms with Gasteiger partial charge in [0.15, 0.2) is 5.96 Å². The number of nitrogens with zero attached hydrogens (tertiary/aromatic N) is 1. The van der Waals surface area contributed by atoms with Crippen LogP contribution in [-0.4, -0.2) is 18.4 Å². The standard InChI is InChI=1S/C18H21FN4O.HI/c1-2-21-18(23-12-14-5-9-16(19)10-6-14)22-11-13-3-7-15(8-4-13)17(20)24;/h3-10H,2,11-12H2,1H3,(H2,20,24)(H2,21,22,23);1H. The highest BCUT2D eigenvalue weighted by Gasteiger charge is 2.01. The molecule has 2 rings (SSSR count). The molecule has 0 radical (unpaired) electrons. The van der Waals surface area contributed by atoms with E-state index in [1.54, 1.807) is 24.3 Å². The van der Waals surface area contributed by atoms with Crippen molar-refractivity contribution in [2.24, 2.45) is 10.7 Å². The molecule has 0 heterocycles. The van der Waals surface area contributed by atoms with Crippen molar-refractivity contribution in [3.8, 4) is 0 Å². The molecule has 25 heavy (non-hydrogen) atoms. The molecule has 134 valence electrons. The maximum absolute atomic E-state index is 12.9. The number of nitrogens with two attached hydrogens (primary N) is 1. The van der Waals surface area contributed by atoms with Crippen LogP contribution in [0.2, 0.25) is 0 Å². The Balaban J connectivity index is 0.00000312. The molecule has 4 N–H and O–H groups in total. The number of rotatable bonds is 6. The average molecular weight is 456 g/mol. The second kappa shape index (κ2) is 10.7. The normalized spacial score (nSPS) is 10.7. The Labute approximate surface area is 163 Å². The maximum atomic E-state index is 12.9. The number of guanidine groups is 1. The van der Waals surface area contributed by atoms with Crippen molar-refractivity contribution < 1.29 is 9.18 Å². The van der Waals surface area contributed by atoms with E-state index < -0.39 is 5.91 Å². The number of hydrogen-bond donors (Lipinski definition) is 3. The van der Waals surface area contributed by atoms with Gasteiger partial charge in [0.25, 0.3) is 0 Å². The predicted octanol–water partition coefficient (Wildman–Crippen LogP) is 2.80. The maximum Gasteiger partial charge on any atom is 0.248 e. The van der Waals surface area contributed by atoms with Crippen molar-refractivity contribution in [2.75, 3.05) is 6.54 Å². The van der Waals surface area contributed by atoms with E-state index in [-0.39, 0.29) is 29.8 Å². The van der Waals surface area contributed by atoms with E-state index in [1.807, 2.05) is 19.1 Å². The van der Waals surface area contributed by atoms with Gasteiger partial charge in [-0.05, 0) is 42.3 Å². The summed E-state index contributed by atoms with van der Waals surface area (Å²) in [5, 5.41) is 6.35. The summed E-state index contributed by atoms with van der Waals surface area (Å²) in [6, 6.07) is 13.4. The molecule has 7 heteroatoms. The van der Waals surface area contributed by atoms with E-state index in [0.717, 1.165) is 17.7 Å². The third kappa shape index (κ3) is 7.08. The van der Waals surface area contributed by atoms with Gasteiger partial charge in [-0.25, -0.2) is 9.38 Å². The summed E-state index contributed by atoms with van der Waals surface area (Å²) in [7, 11) is 0. The van der Waals surface area contributed by atoms with E-state index >= 15 is 0 Å². The Morgan fingerprint density at radius 3 is 2.20 bits per heavy atom. The van der Waals surface area contributed by atoms with E-state index in [9.17, 15) is 9.18 Å². The zero-order valence-corrected chi connectivity index (χ0v) is 16.3. The zero-order valence-electron chi connectivity index (χ0n) is 14.0. The van der Waals surface area contributed by atoms with Crippen molar-refractivity contribution in [3.63, 3.8) is 0 Å². The minimum Gasteiger partial charge on any atom is -0.366 e. The summed E-state index contributed by atoms with van der Waals surface area (Å²) < 4.78 is 12.9. The monoisotopic (exact) mass is 456 g/mol. The molecule has 0 atom stereocenters. The fourth-order valence-electron chi connectivity index (χ4n) is 2.07. The summed E-state index contributed by atoms with van der Waals surface area (Å²) in [4.78, 5) is 15.6. The third-order valence-electron chi connectivity index (χ3n) is 3.38. The van der Waals surface area contributed by atoms with Crippen LogP contribution in [0.5, 0.6) is 0 Å². The molecule has 2 aromatic rings. The second-order valence-corrected chi connectivity index (χ2v) is 5.24. The van der Waals surface area contributed by atoms with Gasteiger partial charge in [-0.2, -0.15) is 0 Å². The molecule has 0 saturated heterocycles. The van der Waals surface area contributed by atoms with E-state index in [2.05, 4.69) is 15.6 Å². The molecule has 0 bridgehead atoms. The molecule has 0 aliphatic rings. The summed E-state index contributed by atoms with van der Waals surface area (Å²) in [5.41, 5.74) is 7.63. The zero-order chi connectivity index (χ0) is 17.4. The highest BCUT2D eigenvalue weighted by molar-refractivity contribution is 14.0. The van der Waals surface area contributed by atoms with Crippen LogP contribution in [0, 0.1) is 5.82 Å². The SMILES string of the molecule is CCNC(=NCc1ccc(C(N)=O)cc1)NCc1ccc(F)cc1.I. The Morgan fingerprint density at radius 1 is 1.04 bits per heavy atom. The number of benzene rings is 2. The van der Waals surface area contributed by atoms with Crippen LogP contribution in [-0.2, 0) is 13.1 Å². The van der Waals surface area contributed by atoms with Gasteiger partial charge in [-0.15, -0.1) is 24.0 Å². The van der Waals surface area contributed by atoms with E-state index in [1.165, 1.54) is 12.1 Å². The first-order valence-electron chi connectivity index (χ1n) is 7.74. The molecule has 0 saturated carbocycles. The highest BCUT2D eigenvalue weighted by atomic mass is 127. The number of primary amides is 1. The lowest BCUT2D eigenvalue weighted by atomic mass is 10.1. The molecular formula is C18H22FIN4O. The van der Waals surface area contributed by atoms with Crippen molar-refractivity contribution in [2.45, 2.75) is 20.0 Å². The Hall–Kier alpha value is -2.16. The molecular weight excluding hydrogens is 434 g/mol. The summed E-state index contributed by atoms with van der Waals surface area (Å²) in [5.74, 6) is -0.0288. The molecule has 5 nitrogen and oxygen atoms in total. The Morgan fingerprint density at radius 2 is 1.64 bits per heavy atom. The van der Waals surface area contributed by atoms with Crippen LogP contribution < -0.4 is 16.4 Å². The molecule has 2 aromatic carbocycles. The van der Waals surface area contributed by atoms with Crippen molar-refractivity contribution >= 4 is 35.8 Å². The fourth-order valence-corrected chi connectivity index (χ4v) is 2.07. The van der Waals surface area contributed by atoms with Crippen molar-refractivity contribution in [1.29, 1.82) is 0 Å². The smallest absolute Gasteiger partial charge is 0.248 e. The minimum atomic E-state index is -0.445. The molecule has 0 aliphatic carbocycles. The molecule has 0 unspecified atom stereocenters. The first-order chi connectivity index (χ1) is 11.6. The van der Waals surface area contributed by atoms with E-state index in [0.29, 0.717) is 24.6 Å². The molecule has 0 aliphatic heterocycles. The Kier molecular flexibility index (Phi) is 8.90. The largest absolute Gasteiger partial charge is 0.366 e. The summed E-state index contributed by atoms with van der Waals surface area (Å²) in [6.07, 6.45) is 0. The summed E-state index contributed by atoms with van der Waals surface area (Å²) in [6.45, 7) is 3.73. The number of hydrogen-bond acceptors (Lipinski definition) is 2. The third-order valence-corrected chi connectivity index (χ3v) is 3.38. The first-order valence-corrected chi connectivity index (χ1v) is 7.74. The van der Waals surface area contributed by atoms with Gasteiger partial charge in [0.1, 0.15) is 5.82 Å². The predicted molar refractivity (Wildman–Crippen MR) is 108 cm³/mol. The number of carbonyl (C=O) groups is 1. The topological polar surface area (TPSA) is 79.5 Å². The van der Waals surface area contributed by atoms with Gasteiger partial charge >= 0.3 is 0 Å². The fraction of sp³-hybridized carbons (Fsp3) is 0.222. The second-order valence-electron chi connectivity index (χ2n) is 5.24. The van der Waals surface area contributed by atoms with Gasteiger partial charge < -0.3 is 16.4 Å². The van der Waals surface area contributed by atoms with Crippen LogP contribution in [0.3, 0.4) is 0 Å². The van der Waals surface area contributed by atoms with Crippen molar-refractivity contribution in [3.05, 3.63) is 71.0 Å². The van der Waals surface area contributed by atoms with Crippen LogP contribution in [0.25, 0.3) is 0 Å². The lowest BCUT2D eigenvalue weighted by molar-refractivity contribution is 0.100. The van der Waals surface area contributed by atoms with Gasteiger partial charge in [-0.3, -0.25) is 4.79 Å². The lowest BCUT2D eigenvalue weighted by Gasteiger charge is -2.11.